The van der Waals surface area contributed by atoms with Gasteiger partial charge in [-0.25, -0.2) is 4.68 Å². The molecule has 1 aliphatic carbocycles. The van der Waals surface area contributed by atoms with Crippen LogP contribution in [0.3, 0.4) is 0 Å². The van der Waals surface area contributed by atoms with E-state index >= 15 is 0 Å². The Balaban J connectivity index is 1.72. The SMILES string of the molecule is CC(C)C[C@H]1Cn2nnc(C(=O)NC3CCCCC3)c2C(=O)N1. The van der Waals surface area contributed by atoms with Crippen LogP contribution in [0.4, 0.5) is 0 Å². The van der Waals surface area contributed by atoms with Crippen molar-refractivity contribution in [2.24, 2.45) is 5.92 Å². The molecule has 0 saturated heterocycles. The van der Waals surface area contributed by atoms with Crippen LogP contribution < -0.4 is 10.6 Å². The first-order valence-electron chi connectivity index (χ1n) is 8.59. The number of nitrogens with one attached hydrogen (secondary N) is 2. The van der Waals surface area contributed by atoms with Crippen molar-refractivity contribution >= 4 is 11.8 Å². The van der Waals surface area contributed by atoms with Gasteiger partial charge < -0.3 is 10.6 Å². The summed E-state index contributed by atoms with van der Waals surface area (Å²) in [5, 5.41) is 14.0. The highest BCUT2D eigenvalue weighted by molar-refractivity contribution is 6.05. The third kappa shape index (κ3) is 3.54. The molecule has 0 spiro atoms. The lowest BCUT2D eigenvalue weighted by Gasteiger charge is -2.26. The van der Waals surface area contributed by atoms with E-state index in [0.29, 0.717) is 18.2 Å². The van der Waals surface area contributed by atoms with E-state index in [9.17, 15) is 9.59 Å². The fraction of sp³-hybridized carbons (Fsp3) is 0.750. The smallest absolute Gasteiger partial charge is 0.274 e. The van der Waals surface area contributed by atoms with E-state index < -0.39 is 0 Å². The first-order chi connectivity index (χ1) is 11.0. The maximum atomic E-state index is 12.4. The average Bonchev–Trinajstić information content (AvgIpc) is 2.92. The first-order valence-corrected chi connectivity index (χ1v) is 8.59. The quantitative estimate of drug-likeness (QED) is 0.880. The second-order valence-corrected chi connectivity index (χ2v) is 7.08. The van der Waals surface area contributed by atoms with Gasteiger partial charge in [-0.05, 0) is 25.2 Å². The molecule has 7 nitrogen and oxygen atoms in total. The van der Waals surface area contributed by atoms with Crippen molar-refractivity contribution in [3.8, 4) is 0 Å². The maximum absolute atomic E-state index is 12.4. The molecule has 3 rings (SSSR count). The number of aromatic nitrogens is 3. The normalized spacial score (nSPS) is 21.9. The van der Waals surface area contributed by atoms with E-state index in [-0.39, 0.29) is 29.6 Å². The van der Waals surface area contributed by atoms with Crippen molar-refractivity contribution in [3.05, 3.63) is 11.4 Å². The molecule has 0 bridgehead atoms. The van der Waals surface area contributed by atoms with Gasteiger partial charge in [0.05, 0.1) is 6.54 Å². The number of rotatable bonds is 4. The highest BCUT2D eigenvalue weighted by atomic mass is 16.2. The fourth-order valence-electron chi connectivity index (χ4n) is 3.53. The second-order valence-electron chi connectivity index (χ2n) is 7.08. The van der Waals surface area contributed by atoms with Gasteiger partial charge in [0.25, 0.3) is 11.8 Å². The largest absolute Gasteiger partial charge is 0.348 e. The minimum Gasteiger partial charge on any atom is -0.348 e. The Morgan fingerprint density at radius 1 is 1.35 bits per heavy atom. The van der Waals surface area contributed by atoms with Crippen LogP contribution in [0.5, 0.6) is 0 Å². The topological polar surface area (TPSA) is 88.9 Å². The molecule has 0 radical (unpaired) electrons. The Kier molecular flexibility index (Phi) is 4.63. The molecule has 0 unspecified atom stereocenters. The molecule has 23 heavy (non-hydrogen) atoms. The summed E-state index contributed by atoms with van der Waals surface area (Å²) in [6.07, 6.45) is 6.39. The summed E-state index contributed by atoms with van der Waals surface area (Å²) in [5.74, 6) is -0.0456. The summed E-state index contributed by atoms with van der Waals surface area (Å²) >= 11 is 0. The van der Waals surface area contributed by atoms with Crippen molar-refractivity contribution in [3.63, 3.8) is 0 Å². The Bertz CT molecular complexity index is 589. The minimum absolute atomic E-state index is 0.0472. The summed E-state index contributed by atoms with van der Waals surface area (Å²) in [6.45, 7) is 4.81. The number of carbonyl (C=O) groups is 2. The van der Waals surface area contributed by atoms with Gasteiger partial charge in [-0.2, -0.15) is 0 Å². The molecule has 2 heterocycles. The monoisotopic (exact) mass is 319 g/mol. The molecule has 1 saturated carbocycles. The molecule has 1 aromatic heterocycles. The standard InChI is InChI=1S/C16H25N5O2/c1-10(2)8-12-9-21-14(16(23)18-12)13(19-20-21)15(22)17-11-6-4-3-5-7-11/h10-12H,3-9H2,1-2H3,(H,17,22)(H,18,23)/t12-/m0/s1. The molecule has 1 atom stereocenters. The van der Waals surface area contributed by atoms with E-state index in [1.807, 2.05) is 0 Å². The number of hydrogen-bond acceptors (Lipinski definition) is 4. The lowest BCUT2D eigenvalue weighted by atomic mass is 9.95. The van der Waals surface area contributed by atoms with Crippen molar-refractivity contribution < 1.29 is 9.59 Å². The van der Waals surface area contributed by atoms with Gasteiger partial charge in [0.2, 0.25) is 0 Å². The summed E-state index contributed by atoms with van der Waals surface area (Å²) in [6, 6.07) is 0.236. The third-order valence-corrected chi connectivity index (χ3v) is 4.59. The minimum atomic E-state index is -0.282. The van der Waals surface area contributed by atoms with E-state index in [1.165, 1.54) is 6.42 Å². The Hall–Kier alpha value is -1.92. The van der Waals surface area contributed by atoms with Crippen LogP contribution in [-0.4, -0.2) is 38.9 Å². The predicted octanol–water partition coefficient (Wildman–Crippen LogP) is 1.50. The summed E-state index contributed by atoms with van der Waals surface area (Å²) in [4.78, 5) is 24.8. The van der Waals surface area contributed by atoms with Gasteiger partial charge in [0, 0.05) is 12.1 Å². The van der Waals surface area contributed by atoms with E-state index in [1.54, 1.807) is 4.68 Å². The second kappa shape index (κ2) is 6.68. The van der Waals surface area contributed by atoms with Crippen molar-refractivity contribution in [2.45, 2.75) is 71.0 Å². The summed E-state index contributed by atoms with van der Waals surface area (Å²) < 4.78 is 1.57. The van der Waals surface area contributed by atoms with Gasteiger partial charge in [-0.15, -0.1) is 5.10 Å². The van der Waals surface area contributed by atoms with Crippen molar-refractivity contribution in [2.75, 3.05) is 0 Å². The van der Waals surface area contributed by atoms with Gasteiger partial charge in [-0.3, -0.25) is 9.59 Å². The zero-order valence-electron chi connectivity index (χ0n) is 13.8. The molecule has 7 heteroatoms. The number of carbonyl (C=O) groups excluding carboxylic acids is 2. The van der Waals surface area contributed by atoms with Gasteiger partial charge in [0.15, 0.2) is 11.4 Å². The van der Waals surface area contributed by atoms with Crippen LogP contribution in [0.15, 0.2) is 0 Å². The van der Waals surface area contributed by atoms with Crippen LogP contribution in [0.25, 0.3) is 0 Å². The zero-order chi connectivity index (χ0) is 16.4. The molecular weight excluding hydrogens is 294 g/mol. The molecule has 2 N–H and O–H groups in total. The van der Waals surface area contributed by atoms with Gasteiger partial charge >= 0.3 is 0 Å². The third-order valence-electron chi connectivity index (χ3n) is 4.59. The Labute approximate surface area is 136 Å². The van der Waals surface area contributed by atoms with Crippen molar-refractivity contribution in [1.29, 1.82) is 0 Å². The van der Waals surface area contributed by atoms with Crippen molar-refractivity contribution in [1.82, 2.24) is 25.6 Å². The van der Waals surface area contributed by atoms with E-state index in [2.05, 4.69) is 34.8 Å². The fourth-order valence-corrected chi connectivity index (χ4v) is 3.53. The maximum Gasteiger partial charge on any atom is 0.274 e. The Morgan fingerprint density at radius 2 is 2.09 bits per heavy atom. The zero-order valence-corrected chi connectivity index (χ0v) is 13.8. The van der Waals surface area contributed by atoms with E-state index in [4.69, 9.17) is 0 Å². The number of nitrogens with zero attached hydrogens (tertiary/aromatic N) is 3. The van der Waals surface area contributed by atoms with Gasteiger partial charge in [-0.1, -0.05) is 38.3 Å². The number of hydrogen-bond donors (Lipinski definition) is 2. The molecule has 0 aromatic carbocycles. The highest BCUT2D eigenvalue weighted by Crippen LogP contribution is 2.19. The lowest BCUT2D eigenvalue weighted by Crippen LogP contribution is -2.46. The first kappa shape index (κ1) is 16.0. The van der Waals surface area contributed by atoms with Gasteiger partial charge in [0.1, 0.15) is 0 Å². The van der Waals surface area contributed by atoms with Crippen LogP contribution in [-0.2, 0) is 6.54 Å². The summed E-state index contributed by atoms with van der Waals surface area (Å²) in [7, 11) is 0. The lowest BCUT2D eigenvalue weighted by molar-refractivity contribution is 0.0864. The molecule has 1 aliphatic heterocycles. The van der Waals surface area contributed by atoms with Crippen LogP contribution in [0.1, 0.15) is 73.3 Å². The van der Waals surface area contributed by atoms with E-state index in [0.717, 1.165) is 32.1 Å². The van der Waals surface area contributed by atoms with Crippen LogP contribution >= 0.6 is 0 Å². The predicted molar refractivity (Wildman–Crippen MR) is 85.1 cm³/mol. The summed E-state index contributed by atoms with van der Waals surface area (Å²) in [5.41, 5.74) is 0.439. The molecule has 2 aliphatic rings. The average molecular weight is 319 g/mol. The highest BCUT2D eigenvalue weighted by Gasteiger charge is 2.32. The number of amides is 2. The molecule has 2 amide bonds. The molecule has 126 valence electrons. The number of fused-ring (bicyclic) bond motifs is 1. The molecule has 1 aromatic rings. The van der Waals surface area contributed by atoms with Crippen LogP contribution in [0, 0.1) is 5.92 Å². The van der Waals surface area contributed by atoms with Crippen LogP contribution in [0.2, 0.25) is 0 Å². The molecule has 1 fully saturated rings. The Morgan fingerprint density at radius 3 is 2.78 bits per heavy atom. The molecular formula is C16H25N5O2.